The Kier molecular flexibility index (Phi) is 4.78. The van der Waals surface area contributed by atoms with Crippen molar-refractivity contribution in [3.05, 3.63) is 58.3 Å². The van der Waals surface area contributed by atoms with Crippen molar-refractivity contribution in [2.24, 2.45) is 0 Å². The van der Waals surface area contributed by atoms with Gasteiger partial charge in [0.1, 0.15) is 28.3 Å². The summed E-state index contributed by atoms with van der Waals surface area (Å²) in [5.74, 6) is 2.30. The zero-order valence-corrected chi connectivity index (χ0v) is 14.3. The Labute approximate surface area is 144 Å². The van der Waals surface area contributed by atoms with Gasteiger partial charge >= 0.3 is 0 Å². The van der Waals surface area contributed by atoms with Crippen LogP contribution < -0.4 is 4.74 Å². The Morgan fingerprint density at radius 3 is 2.71 bits per heavy atom. The molecule has 0 saturated heterocycles. The predicted octanol–water partition coefficient (Wildman–Crippen LogP) is 5.17. The first-order valence-electron chi connectivity index (χ1n) is 7.57. The summed E-state index contributed by atoms with van der Waals surface area (Å²) in [6.07, 6.45) is 1.72. The van der Waals surface area contributed by atoms with Crippen LogP contribution in [0.25, 0.3) is 22.9 Å². The van der Waals surface area contributed by atoms with E-state index in [2.05, 4.69) is 11.1 Å². The van der Waals surface area contributed by atoms with Crippen molar-refractivity contribution in [2.45, 2.75) is 13.8 Å². The third kappa shape index (κ3) is 3.55. The average molecular weight is 336 g/mol. The number of hydrogen-bond donors (Lipinski definition) is 0. The molecule has 0 saturated carbocycles. The van der Waals surface area contributed by atoms with Crippen LogP contribution >= 0.6 is 11.3 Å². The maximum atomic E-state index is 9.41. The van der Waals surface area contributed by atoms with Crippen molar-refractivity contribution < 1.29 is 9.15 Å². The van der Waals surface area contributed by atoms with E-state index in [-0.39, 0.29) is 0 Å². The molecular formula is C19H16N2O2S. The molecule has 0 radical (unpaired) electrons. The van der Waals surface area contributed by atoms with Gasteiger partial charge in [0, 0.05) is 17.0 Å². The highest BCUT2D eigenvalue weighted by atomic mass is 32.1. The molecule has 1 aromatic carbocycles. The number of nitriles is 1. The molecule has 5 heteroatoms. The second-order valence-electron chi connectivity index (χ2n) is 5.11. The Morgan fingerprint density at radius 2 is 2.08 bits per heavy atom. The largest absolute Gasteiger partial charge is 0.494 e. The van der Waals surface area contributed by atoms with Crippen LogP contribution in [0, 0.1) is 18.3 Å². The molecule has 0 unspecified atom stereocenters. The van der Waals surface area contributed by atoms with Gasteiger partial charge in [0.25, 0.3) is 0 Å². The summed E-state index contributed by atoms with van der Waals surface area (Å²) in [6.45, 7) is 4.47. The first-order chi connectivity index (χ1) is 11.7. The predicted molar refractivity (Wildman–Crippen MR) is 95.6 cm³/mol. The number of rotatable bonds is 5. The van der Waals surface area contributed by atoms with E-state index in [9.17, 15) is 5.26 Å². The molecule has 0 aliphatic rings. The normalized spacial score (nSPS) is 11.3. The summed E-state index contributed by atoms with van der Waals surface area (Å²) in [7, 11) is 0. The minimum Gasteiger partial charge on any atom is -0.494 e. The summed E-state index contributed by atoms with van der Waals surface area (Å²) in [5.41, 5.74) is 2.33. The molecule has 3 rings (SSSR count). The van der Waals surface area contributed by atoms with E-state index in [1.807, 2.05) is 55.6 Å². The fourth-order valence-corrected chi connectivity index (χ4v) is 3.03. The number of furan rings is 1. The quantitative estimate of drug-likeness (QED) is 0.603. The summed E-state index contributed by atoms with van der Waals surface area (Å²) < 4.78 is 10.9. The number of benzene rings is 1. The van der Waals surface area contributed by atoms with Crippen molar-refractivity contribution in [3.8, 4) is 23.1 Å². The van der Waals surface area contributed by atoms with E-state index in [0.29, 0.717) is 22.9 Å². The molecule has 3 aromatic rings. The Bertz CT molecular complexity index is 898. The van der Waals surface area contributed by atoms with Gasteiger partial charge in [0.05, 0.1) is 17.9 Å². The first-order valence-corrected chi connectivity index (χ1v) is 8.45. The average Bonchev–Trinajstić information content (AvgIpc) is 3.23. The standard InChI is InChI=1S/C19H16N2O2S/c1-3-22-16-8-5-14(6-9-16)18-12-24-19(21-18)15(11-20)10-17-7-4-13(2)23-17/h4-10,12H,3H2,1-2H3. The van der Waals surface area contributed by atoms with Gasteiger partial charge in [-0.05, 0) is 50.2 Å². The number of aryl methyl sites for hydroxylation is 1. The Hall–Kier alpha value is -2.84. The molecule has 0 aliphatic heterocycles. The van der Waals surface area contributed by atoms with Gasteiger partial charge in [0.2, 0.25) is 0 Å². The van der Waals surface area contributed by atoms with Crippen LogP contribution in [0.1, 0.15) is 23.5 Å². The van der Waals surface area contributed by atoms with Gasteiger partial charge in [-0.1, -0.05) is 0 Å². The molecular weight excluding hydrogens is 320 g/mol. The second-order valence-corrected chi connectivity index (χ2v) is 5.97. The highest BCUT2D eigenvalue weighted by Gasteiger charge is 2.10. The maximum Gasteiger partial charge on any atom is 0.134 e. The van der Waals surface area contributed by atoms with Crippen molar-refractivity contribution in [3.63, 3.8) is 0 Å². The van der Waals surface area contributed by atoms with Crippen LogP contribution in [0.4, 0.5) is 0 Å². The summed E-state index contributed by atoms with van der Waals surface area (Å²) in [5, 5.41) is 12.0. The lowest BCUT2D eigenvalue weighted by Gasteiger charge is -2.03. The minimum atomic E-state index is 0.492. The van der Waals surface area contributed by atoms with E-state index in [0.717, 1.165) is 22.8 Å². The number of aromatic nitrogens is 1. The van der Waals surface area contributed by atoms with Gasteiger partial charge in [-0.3, -0.25) is 0 Å². The summed E-state index contributed by atoms with van der Waals surface area (Å²) >= 11 is 1.44. The highest BCUT2D eigenvalue weighted by Crippen LogP contribution is 2.28. The van der Waals surface area contributed by atoms with E-state index in [4.69, 9.17) is 9.15 Å². The van der Waals surface area contributed by atoms with Gasteiger partial charge < -0.3 is 9.15 Å². The Morgan fingerprint density at radius 1 is 1.29 bits per heavy atom. The first kappa shape index (κ1) is 16.0. The molecule has 0 amide bonds. The third-order valence-corrected chi connectivity index (χ3v) is 4.24. The van der Waals surface area contributed by atoms with Gasteiger partial charge in [-0.2, -0.15) is 5.26 Å². The van der Waals surface area contributed by atoms with Crippen LogP contribution in [-0.2, 0) is 0 Å². The Balaban J connectivity index is 1.86. The lowest BCUT2D eigenvalue weighted by Crippen LogP contribution is -1.90. The molecule has 0 atom stereocenters. The van der Waals surface area contributed by atoms with E-state index in [1.54, 1.807) is 6.08 Å². The molecule has 4 nitrogen and oxygen atoms in total. The van der Waals surface area contributed by atoms with Crippen molar-refractivity contribution in [1.29, 1.82) is 5.26 Å². The van der Waals surface area contributed by atoms with E-state index >= 15 is 0 Å². The summed E-state index contributed by atoms with van der Waals surface area (Å²) in [6, 6.07) is 13.7. The molecule has 0 spiro atoms. The monoisotopic (exact) mass is 336 g/mol. The van der Waals surface area contributed by atoms with Crippen LogP contribution in [0.2, 0.25) is 0 Å². The number of nitrogens with zero attached hydrogens (tertiary/aromatic N) is 2. The zero-order chi connectivity index (χ0) is 16.9. The number of allylic oxidation sites excluding steroid dienone is 1. The number of hydrogen-bond acceptors (Lipinski definition) is 5. The van der Waals surface area contributed by atoms with Crippen LogP contribution in [0.3, 0.4) is 0 Å². The molecule has 2 heterocycles. The fourth-order valence-electron chi connectivity index (χ4n) is 2.23. The smallest absolute Gasteiger partial charge is 0.134 e. The molecule has 2 aromatic heterocycles. The molecule has 0 fully saturated rings. The fraction of sp³-hybridized carbons (Fsp3) is 0.158. The van der Waals surface area contributed by atoms with Gasteiger partial charge in [0.15, 0.2) is 0 Å². The second kappa shape index (κ2) is 7.16. The van der Waals surface area contributed by atoms with Gasteiger partial charge in [-0.15, -0.1) is 11.3 Å². The number of thiazole rings is 1. The molecule has 24 heavy (non-hydrogen) atoms. The third-order valence-electron chi connectivity index (χ3n) is 3.36. The molecule has 0 N–H and O–H groups in total. The molecule has 0 aliphatic carbocycles. The van der Waals surface area contributed by atoms with E-state index < -0.39 is 0 Å². The topological polar surface area (TPSA) is 59.0 Å². The zero-order valence-electron chi connectivity index (χ0n) is 13.4. The van der Waals surface area contributed by atoms with E-state index in [1.165, 1.54) is 11.3 Å². The van der Waals surface area contributed by atoms with Crippen LogP contribution in [0.5, 0.6) is 5.75 Å². The van der Waals surface area contributed by atoms with Crippen LogP contribution in [-0.4, -0.2) is 11.6 Å². The molecule has 120 valence electrons. The van der Waals surface area contributed by atoms with Gasteiger partial charge in [-0.25, -0.2) is 4.98 Å². The maximum absolute atomic E-state index is 9.41. The van der Waals surface area contributed by atoms with Crippen molar-refractivity contribution in [1.82, 2.24) is 4.98 Å². The lowest BCUT2D eigenvalue weighted by molar-refractivity contribution is 0.340. The lowest BCUT2D eigenvalue weighted by atomic mass is 10.1. The van der Waals surface area contributed by atoms with Crippen molar-refractivity contribution >= 4 is 23.0 Å². The number of ether oxygens (including phenoxy) is 1. The summed E-state index contributed by atoms with van der Waals surface area (Å²) in [4.78, 5) is 4.58. The van der Waals surface area contributed by atoms with Crippen LogP contribution in [0.15, 0.2) is 46.2 Å². The highest BCUT2D eigenvalue weighted by molar-refractivity contribution is 7.11. The minimum absolute atomic E-state index is 0.492. The SMILES string of the molecule is CCOc1ccc(-c2csc(C(C#N)=Cc3ccc(C)o3)n2)cc1. The van der Waals surface area contributed by atoms with Crippen molar-refractivity contribution in [2.75, 3.05) is 6.61 Å². The molecule has 0 bridgehead atoms.